The molecule has 0 amide bonds. The van der Waals surface area contributed by atoms with Crippen LogP contribution in [-0.2, 0) is 0 Å². The van der Waals surface area contributed by atoms with Crippen molar-refractivity contribution in [2.24, 2.45) is 0 Å². The van der Waals surface area contributed by atoms with Gasteiger partial charge >= 0.3 is 110 Å². The fraction of sp³-hybridized carbons (Fsp3) is 0. The van der Waals surface area contributed by atoms with Crippen molar-refractivity contribution < 1.29 is 127 Å². The Labute approximate surface area is 124 Å². The molecule has 0 saturated carbocycles. The molecule has 0 aromatic heterocycles. The Bertz CT molecular complexity index is 8.75. The van der Waals surface area contributed by atoms with E-state index in [1.807, 2.05) is 0 Å². The summed E-state index contributed by atoms with van der Waals surface area (Å²) in [5.41, 5.74) is 0. The van der Waals surface area contributed by atoms with Crippen LogP contribution in [0.15, 0.2) is 0 Å². The second-order valence-corrected chi connectivity index (χ2v) is 0. The van der Waals surface area contributed by atoms with Crippen molar-refractivity contribution in [3.63, 3.8) is 0 Å². The van der Waals surface area contributed by atoms with Crippen molar-refractivity contribution in [1.82, 2.24) is 0 Å². The Morgan fingerprint density at radius 2 is 0.500 bits per heavy atom. The van der Waals surface area contributed by atoms with Gasteiger partial charge in [-0.1, -0.05) is 0 Å². The van der Waals surface area contributed by atoms with Crippen LogP contribution >= 0.6 is 0 Å². The molecule has 0 atom stereocenters. The molecule has 3 N–H and O–H groups in total. The van der Waals surface area contributed by atoms with E-state index in [4.69, 9.17) is 0 Å². The van der Waals surface area contributed by atoms with E-state index in [1.165, 1.54) is 0 Å². The van der Waals surface area contributed by atoms with Crippen LogP contribution < -0.4 is 110 Å². The van der Waals surface area contributed by atoms with Crippen LogP contribution in [0.5, 0.6) is 0 Å². The maximum Gasteiger partial charge on any atom is 1.00 e. The molecule has 3 nitrogen and oxygen atoms in total. The Morgan fingerprint density at radius 3 is 0.500 bits per heavy atom. The first-order valence-corrected chi connectivity index (χ1v) is 0. The van der Waals surface area contributed by atoms with Gasteiger partial charge < -0.3 is 16.4 Å². The molecule has 0 aromatic carbocycles. The summed E-state index contributed by atoms with van der Waals surface area (Å²) < 4.78 is 0. The van der Waals surface area contributed by atoms with Gasteiger partial charge in [0.15, 0.2) is 0 Å². The summed E-state index contributed by atoms with van der Waals surface area (Å²) in [6, 6.07) is 0. The van der Waals surface area contributed by atoms with Gasteiger partial charge in [0.05, 0.1) is 0 Å². The first kappa shape index (κ1) is 55.8. The Balaban J connectivity index is 0. The zero-order chi connectivity index (χ0) is 0. The molecular weight excluding hydrogens is 133 g/mol. The van der Waals surface area contributed by atoms with Gasteiger partial charge in [0.25, 0.3) is 0 Å². The minimum Gasteiger partial charge on any atom is -0.870 e. The van der Waals surface area contributed by atoms with E-state index in [0.717, 1.165) is 0 Å². The topological polar surface area (TPSA) is 90.0 Å². The van der Waals surface area contributed by atoms with Gasteiger partial charge in [0.1, 0.15) is 0 Å². The van der Waals surface area contributed by atoms with Crippen LogP contribution in [-0.4, -0.2) is 16.4 Å². The van der Waals surface area contributed by atoms with Crippen LogP contribution in [0.4, 0.5) is 0 Å². The second kappa shape index (κ2) is 38.9. The standard InChI is InChI=1S/K.2Na.3H2O/h;;;3*1H2/q3*+1;;;/p-3. The molecule has 0 aliphatic heterocycles. The van der Waals surface area contributed by atoms with Crippen molar-refractivity contribution in [3.05, 3.63) is 0 Å². The summed E-state index contributed by atoms with van der Waals surface area (Å²) in [6.07, 6.45) is 0. The monoisotopic (exact) mass is 136 g/mol. The molecule has 0 spiro atoms. The fourth-order valence-electron chi connectivity index (χ4n) is 0. The van der Waals surface area contributed by atoms with Gasteiger partial charge in [-0.2, -0.15) is 0 Å². The third-order valence-corrected chi connectivity index (χ3v) is 0. The van der Waals surface area contributed by atoms with E-state index in [-0.39, 0.29) is 127 Å². The van der Waals surface area contributed by atoms with Crippen LogP contribution in [0.3, 0.4) is 0 Å². The van der Waals surface area contributed by atoms with Gasteiger partial charge in [0.2, 0.25) is 0 Å². The molecule has 0 radical (unpaired) electrons. The molecule has 0 saturated heterocycles. The largest absolute Gasteiger partial charge is 1.00 e. The van der Waals surface area contributed by atoms with Gasteiger partial charge in [-0.15, -0.1) is 0 Å². The average Bonchev–Trinajstić information content (AvgIpc) is 0. The molecule has 0 heterocycles. The number of hydrogen-bond donors (Lipinski definition) is 0. The van der Waals surface area contributed by atoms with E-state index < -0.39 is 0 Å². The Kier molecular flexibility index (Phi) is 362. The molecule has 0 unspecified atom stereocenters. The maximum absolute atomic E-state index is 0. The molecule has 0 bridgehead atoms. The van der Waals surface area contributed by atoms with Gasteiger partial charge in [-0.05, 0) is 0 Å². The molecular formula is H3KNa2O3. The van der Waals surface area contributed by atoms with E-state index in [9.17, 15) is 0 Å². The first-order chi connectivity index (χ1) is 0. The van der Waals surface area contributed by atoms with Crippen molar-refractivity contribution in [1.29, 1.82) is 0 Å². The summed E-state index contributed by atoms with van der Waals surface area (Å²) in [4.78, 5) is 0. The Morgan fingerprint density at radius 1 is 0.500 bits per heavy atom. The van der Waals surface area contributed by atoms with E-state index in [0.29, 0.717) is 0 Å². The summed E-state index contributed by atoms with van der Waals surface area (Å²) >= 11 is 0. The molecule has 0 rings (SSSR count). The summed E-state index contributed by atoms with van der Waals surface area (Å²) in [7, 11) is 0. The Hall–Kier alpha value is 3.52. The van der Waals surface area contributed by atoms with Crippen molar-refractivity contribution >= 4 is 0 Å². The maximum atomic E-state index is 0. The summed E-state index contributed by atoms with van der Waals surface area (Å²) in [5.74, 6) is 0. The molecule has 0 aromatic rings. The summed E-state index contributed by atoms with van der Waals surface area (Å²) in [5, 5.41) is 0. The van der Waals surface area contributed by atoms with Crippen LogP contribution in [0.2, 0.25) is 0 Å². The van der Waals surface area contributed by atoms with Crippen molar-refractivity contribution in [2.45, 2.75) is 0 Å². The van der Waals surface area contributed by atoms with Gasteiger partial charge in [0, 0.05) is 0 Å². The van der Waals surface area contributed by atoms with Crippen molar-refractivity contribution in [3.8, 4) is 0 Å². The minimum absolute atomic E-state index is 0. The van der Waals surface area contributed by atoms with Crippen molar-refractivity contribution in [2.75, 3.05) is 0 Å². The van der Waals surface area contributed by atoms with E-state index >= 15 is 0 Å². The molecule has 6 heteroatoms. The smallest absolute Gasteiger partial charge is 0.870 e. The molecule has 0 aliphatic rings. The predicted molar refractivity (Wildman–Crippen MR) is 5.81 cm³/mol. The normalized spacial score (nSPS) is 0. The number of hydrogen-bond acceptors (Lipinski definition) is 3. The molecule has 24 valence electrons. The van der Waals surface area contributed by atoms with E-state index in [1.54, 1.807) is 0 Å². The molecule has 0 fully saturated rings. The minimum atomic E-state index is 0. The average molecular weight is 136 g/mol. The third-order valence-electron chi connectivity index (χ3n) is 0. The SMILES string of the molecule is [K+].[Na+].[Na+].[OH-].[OH-].[OH-]. The van der Waals surface area contributed by atoms with Crippen LogP contribution in [0.1, 0.15) is 0 Å². The molecule has 0 aliphatic carbocycles. The van der Waals surface area contributed by atoms with E-state index in [2.05, 4.69) is 0 Å². The van der Waals surface area contributed by atoms with Crippen LogP contribution in [0, 0.1) is 0 Å². The van der Waals surface area contributed by atoms with Gasteiger partial charge in [-0.3, -0.25) is 0 Å². The van der Waals surface area contributed by atoms with Gasteiger partial charge in [-0.25, -0.2) is 0 Å². The zero-order valence-electron chi connectivity index (χ0n) is 4.34. The predicted octanol–water partition coefficient (Wildman–Crippen LogP) is -9.52. The number of rotatable bonds is 0. The quantitative estimate of drug-likeness (QED) is 0.310. The molecule has 6 heavy (non-hydrogen) atoms. The third kappa shape index (κ3) is 25.8. The second-order valence-electron chi connectivity index (χ2n) is 0. The first-order valence-electron chi connectivity index (χ1n) is 0. The zero-order valence-corrected chi connectivity index (χ0v) is 11.5. The summed E-state index contributed by atoms with van der Waals surface area (Å²) in [6.45, 7) is 0. The fourth-order valence-corrected chi connectivity index (χ4v) is 0. The van der Waals surface area contributed by atoms with Crippen LogP contribution in [0.25, 0.3) is 0 Å².